The number of carbonyl (C=O) groups is 1. The molecule has 8 heteroatoms. The monoisotopic (exact) mass is 430 g/mol. The molecule has 28 heavy (non-hydrogen) atoms. The summed E-state index contributed by atoms with van der Waals surface area (Å²) in [4.78, 5) is 14.5. The number of hydrogen-bond donors (Lipinski definition) is 1. The molecule has 150 valence electrons. The molecule has 0 saturated carbocycles. The molecule has 1 amide bonds. The minimum absolute atomic E-state index is 0.00749. The number of piperidine rings is 1. The summed E-state index contributed by atoms with van der Waals surface area (Å²) >= 11 is 12.1. The summed E-state index contributed by atoms with van der Waals surface area (Å²) in [5.74, 6) is -0.322. The summed E-state index contributed by atoms with van der Waals surface area (Å²) in [6.07, 6.45) is -3.71. The molecule has 3 nitrogen and oxygen atoms in total. The van der Waals surface area contributed by atoms with E-state index in [2.05, 4.69) is 5.32 Å². The van der Waals surface area contributed by atoms with Crippen molar-refractivity contribution in [1.82, 2.24) is 10.2 Å². The second kappa shape index (κ2) is 8.31. The van der Waals surface area contributed by atoms with Gasteiger partial charge in [0.15, 0.2) is 0 Å². The Balaban J connectivity index is 1.83. The lowest BCUT2D eigenvalue weighted by Gasteiger charge is -2.39. The van der Waals surface area contributed by atoms with Crippen molar-refractivity contribution in [3.63, 3.8) is 0 Å². The molecule has 0 aromatic heterocycles. The molecule has 0 bridgehead atoms. The van der Waals surface area contributed by atoms with Crippen LogP contribution in [0.1, 0.15) is 33.8 Å². The van der Waals surface area contributed by atoms with Crippen LogP contribution < -0.4 is 5.32 Å². The Bertz CT molecular complexity index is 856. The molecular weight excluding hydrogens is 412 g/mol. The first-order chi connectivity index (χ1) is 13.2. The molecular formula is C20H19Cl2F3N2O. The van der Waals surface area contributed by atoms with Gasteiger partial charge in [0.1, 0.15) is 0 Å². The van der Waals surface area contributed by atoms with Crippen LogP contribution in [-0.4, -0.2) is 37.0 Å². The number of likely N-dealkylation sites (N-methyl/N-ethyl adjacent to an activating group) is 1. The SMILES string of the molecule is CN(C(=O)c1ccc(C(F)(F)F)cc1)[C@@H]1CCNC[C@H]1c1ccc(Cl)c(Cl)c1. The highest BCUT2D eigenvalue weighted by Gasteiger charge is 2.33. The van der Waals surface area contributed by atoms with E-state index in [-0.39, 0.29) is 23.4 Å². The Morgan fingerprint density at radius 3 is 2.39 bits per heavy atom. The van der Waals surface area contributed by atoms with Crippen LogP contribution >= 0.6 is 23.2 Å². The number of nitrogens with one attached hydrogen (secondary N) is 1. The summed E-state index contributed by atoms with van der Waals surface area (Å²) in [6.45, 7) is 1.40. The molecule has 0 radical (unpaired) electrons. The summed E-state index contributed by atoms with van der Waals surface area (Å²) in [7, 11) is 1.68. The normalized spacial score (nSPS) is 20.1. The minimum Gasteiger partial charge on any atom is -0.338 e. The largest absolute Gasteiger partial charge is 0.416 e. The van der Waals surface area contributed by atoms with Gasteiger partial charge in [-0.1, -0.05) is 29.3 Å². The van der Waals surface area contributed by atoms with Crippen molar-refractivity contribution in [1.29, 1.82) is 0 Å². The molecule has 1 aliphatic heterocycles. The molecule has 1 fully saturated rings. The molecule has 2 aromatic rings. The van der Waals surface area contributed by atoms with Crippen LogP contribution in [0.5, 0.6) is 0 Å². The second-order valence-electron chi connectivity index (χ2n) is 6.83. The third-order valence-corrected chi connectivity index (χ3v) is 5.83. The molecule has 3 rings (SSSR count). The van der Waals surface area contributed by atoms with Gasteiger partial charge in [0.2, 0.25) is 0 Å². The van der Waals surface area contributed by atoms with Crippen LogP contribution in [0.15, 0.2) is 42.5 Å². The maximum Gasteiger partial charge on any atom is 0.416 e. The van der Waals surface area contributed by atoms with E-state index in [1.54, 1.807) is 24.1 Å². The maximum atomic E-state index is 12.9. The fourth-order valence-electron chi connectivity index (χ4n) is 3.55. The lowest BCUT2D eigenvalue weighted by atomic mass is 9.85. The minimum atomic E-state index is -4.43. The highest BCUT2D eigenvalue weighted by Crippen LogP contribution is 2.33. The van der Waals surface area contributed by atoms with Crippen molar-refractivity contribution < 1.29 is 18.0 Å². The summed E-state index contributed by atoms with van der Waals surface area (Å²) < 4.78 is 38.2. The van der Waals surface area contributed by atoms with Crippen molar-refractivity contribution in [3.05, 3.63) is 69.2 Å². The first kappa shape index (κ1) is 21.0. The van der Waals surface area contributed by atoms with Gasteiger partial charge in [-0.2, -0.15) is 13.2 Å². The lowest BCUT2D eigenvalue weighted by molar-refractivity contribution is -0.137. The van der Waals surface area contributed by atoms with E-state index in [4.69, 9.17) is 23.2 Å². The number of nitrogens with zero attached hydrogens (tertiary/aromatic N) is 1. The molecule has 2 aromatic carbocycles. The van der Waals surface area contributed by atoms with Gasteiger partial charge in [0.25, 0.3) is 5.91 Å². The Morgan fingerprint density at radius 2 is 1.79 bits per heavy atom. The molecule has 0 spiro atoms. The van der Waals surface area contributed by atoms with Crippen LogP contribution in [0.4, 0.5) is 13.2 Å². The Morgan fingerprint density at radius 1 is 1.11 bits per heavy atom. The molecule has 2 atom stereocenters. The Hall–Kier alpha value is -1.76. The van der Waals surface area contributed by atoms with Crippen molar-refractivity contribution in [3.8, 4) is 0 Å². The summed E-state index contributed by atoms with van der Waals surface area (Å²) in [6, 6.07) is 9.59. The number of rotatable bonds is 3. The predicted molar refractivity (Wildman–Crippen MR) is 104 cm³/mol. The van der Waals surface area contributed by atoms with E-state index in [9.17, 15) is 18.0 Å². The van der Waals surface area contributed by atoms with Crippen LogP contribution in [0, 0.1) is 0 Å². The van der Waals surface area contributed by atoms with E-state index >= 15 is 0 Å². The second-order valence-corrected chi connectivity index (χ2v) is 7.65. The van der Waals surface area contributed by atoms with Crippen LogP contribution in [0.25, 0.3) is 0 Å². The van der Waals surface area contributed by atoms with E-state index in [0.29, 0.717) is 23.0 Å². The Kier molecular flexibility index (Phi) is 6.22. The average Bonchev–Trinajstić information content (AvgIpc) is 2.68. The predicted octanol–water partition coefficient (Wildman–Crippen LogP) is 5.23. The van der Waals surface area contributed by atoms with Gasteiger partial charge in [-0.05, 0) is 54.9 Å². The fraction of sp³-hybridized carbons (Fsp3) is 0.350. The zero-order valence-electron chi connectivity index (χ0n) is 15.1. The first-order valence-corrected chi connectivity index (χ1v) is 9.54. The van der Waals surface area contributed by atoms with Crippen LogP contribution in [0.2, 0.25) is 10.0 Å². The van der Waals surface area contributed by atoms with E-state index in [1.807, 2.05) is 6.07 Å². The number of alkyl halides is 3. The number of benzene rings is 2. The van der Waals surface area contributed by atoms with Gasteiger partial charge in [-0.25, -0.2) is 0 Å². The maximum absolute atomic E-state index is 12.9. The molecule has 1 aliphatic rings. The summed E-state index contributed by atoms with van der Waals surface area (Å²) in [5.41, 5.74) is 0.405. The van der Waals surface area contributed by atoms with Crippen LogP contribution in [-0.2, 0) is 6.18 Å². The van der Waals surface area contributed by atoms with Gasteiger partial charge in [0, 0.05) is 31.1 Å². The molecule has 0 aliphatic carbocycles. The van der Waals surface area contributed by atoms with Gasteiger partial charge < -0.3 is 10.2 Å². The third-order valence-electron chi connectivity index (χ3n) is 5.09. The van der Waals surface area contributed by atoms with Gasteiger partial charge in [-0.15, -0.1) is 0 Å². The first-order valence-electron chi connectivity index (χ1n) is 8.78. The summed E-state index contributed by atoms with van der Waals surface area (Å²) in [5, 5.41) is 4.22. The number of hydrogen-bond acceptors (Lipinski definition) is 2. The zero-order chi connectivity index (χ0) is 20.5. The number of carbonyl (C=O) groups excluding carboxylic acids is 1. The average molecular weight is 431 g/mol. The quantitative estimate of drug-likeness (QED) is 0.722. The van der Waals surface area contributed by atoms with E-state index in [0.717, 1.165) is 24.2 Å². The topological polar surface area (TPSA) is 32.3 Å². The molecule has 0 unspecified atom stereocenters. The zero-order valence-corrected chi connectivity index (χ0v) is 16.6. The molecule has 1 heterocycles. The standard InChI is InChI=1S/C20H19Cl2F3N2O/c1-27(19(28)12-2-5-14(6-3-12)20(23,24)25)18-8-9-26-11-15(18)13-4-7-16(21)17(22)10-13/h2-7,10,15,18,26H,8-9,11H2,1H3/t15-,18+/m0/s1. The van der Waals surface area contributed by atoms with Crippen molar-refractivity contribution in [2.45, 2.75) is 24.6 Å². The highest BCUT2D eigenvalue weighted by molar-refractivity contribution is 6.42. The van der Waals surface area contributed by atoms with E-state index in [1.165, 1.54) is 12.1 Å². The smallest absolute Gasteiger partial charge is 0.338 e. The third kappa shape index (κ3) is 4.45. The van der Waals surface area contributed by atoms with Crippen molar-refractivity contribution in [2.24, 2.45) is 0 Å². The van der Waals surface area contributed by atoms with Gasteiger partial charge in [-0.3, -0.25) is 4.79 Å². The van der Waals surface area contributed by atoms with Gasteiger partial charge >= 0.3 is 6.18 Å². The fourth-order valence-corrected chi connectivity index (χ4v) is 3.85. The van der Waals surface area contributed by atoms with Crippen LogP contribution in [0.3, 0.4) is 0 Å². The van der Waals surface area contributed by atoms with Gasteiger partial charge in [0.05, 0.1) is 15.6 Å². The highest BCUT2D eigenvalue weighted by atomic mass is 35.5. The van der Waals surface area contributed by atoms with Crippen molar-refractivity contribution in [2.75, 3.05) is 20.1 Å². The number of amides is 1. The Labute approximate surface area is 171 Å². The molecule has 1 saturated heterocycles. The van der Waals surface area contributed by atoms with E-state index < -0.39 is 11.7 Å². The van der Waals surface area contributed by atoms with Crippen molar-refractivity contribution >= 4 is 29.1 Å². The number of halogens is 5. The molecule has 1 N–H and O–H groups in total. The lowest BCUT2D eigenvalue weighted by Crippen LogP contribution is -2.49.